The van der Waals surface area contributed by atoms with Crippen molar-refractivity contribution in [2.45, 2.75) is 25.7 Å². The number of aliphatic imine (C=N–C) groups is 1. The van der Waals surface area contributed by atoms with Crippen LogP contribution in [0.1, 0.15) is 18.2 Å². The highest BCUT2D eigenvalue weighted by Crippen LogP contribution is 2.32. The van der Waals surface area contributed by atoms with E-state index >= 15 is 0 Å². The van der Waals surface area contributed by atoms with Crippen LogP contribution in [0.3, 0.4) is 0 Å². The van der Waals surface area contributed by atoms with Crippen LogP contribution in [-0.2, 0) is 0 Å². The van der Waals surface area contributed by atoms with Crippen molar-refractivity contribution < 1.29 is 0 Å². The second kappa shape index (κ2) is 4.80. The number of allylic oxidation sites excluding steroid dienone is 1. The number of fused-ring (bicyclic) bond motifs is 1. The van der Waals surface area contributed by atoms with Gasteiger partial charge in [-0.2, -0.15) is 0 Å². The summed E-state index contributed by atoms with van der Waals surface area (Å²) in [6, 6.07) is 0. The quantitative estimate of drug-likeness (QED) is 0.735. The minimum atomic E-state index is 0.797. The molecule has 3 heterocycles. The van der Waals surface area contributed by atoms with Crippen molar-refractivity contribution in [1.82, 2.24) is 4.98 Å². The molecule has 0 N–H and O–H groups in total. The third-order valence-electron chi connectivity index (χ3n) is 3.45. The molecule has 19 heavy (non-hydrogen) atoms. The topological polar surface area (TPSA) is 37.6 Å². The van der Waals surface area contributed by atoms with Crippen LogP contribution in [0.4, 0.5) is 0 Å². The number of hydrogen-bond donors (Lipinski definition) is 0. The Labute approximate surface area is 121 Å². The van der Waals surface area contributed by atoms with Gasteiger partial charge in [0, 0.05) is 33.5 Å². The Morgan fingerprint density at radius 1 is 1.21 bits per heavy atom. The van der Waals surface area contributed by atoms with Crippen LogP contribution in [-0.4, -0.2) is 23.0 Å². The normalized spacial score (nSPS) is 19.7. The van der Waals surface area contributed by atoms with Crippen LogP contribution >= 0.6 is 23.5 Å². The molecule has 0 spiro atoms. The molecule has 0 radical (unpaired) electrons. The molecule has 0 saturated carbocycles. The molecule has 3 rings (SSSR count). The van der Waals surface area contributed by atoms with Gasteiger partial charge in [-0.25, -0.2) is 9.98 Å². The lowest BCUT2D eigenvalue weighted by Gasteiger charge is -2.17. The lowest BCUT2D eigenvalue weighted by Crippen LogP contribution is -2.37. The van der Waals surface area contributed by atoms with Gasteiger partial charge in [0.2, 0.25) is 0 Å². The SMILES string of the molecule is CN=C1N=c2nc(C)c(C)c3c2=CC1=C(C)SCS3. The van der Waals surface area contributed by atoms with Gasteiger partial charge in [-0.15, -0.1) is 23.5 Å². The Balaban J connectivity index is 2.49. The van der Waals surface area contributed by atoms with Gasteiger partial charge in [-0.3, -0.25) is 4.99 Å². The van der Waals surface area contributed by atoms with Gasteiger partial charge in [-0.1, -0.05) is 0 Å². The van der Waals surface area contributed by atoms with E-state index in [0.29, 0.717) is 0 Å². The Hall–Kier alpha value is -1.07. The highest BCUT2D eigenvalue weighted by atomic mass is 32.2. The molecule has 0 aromatic carbocycles. The fraction of sp³-hybridized carbons (Fsp3) is 0.357. The number of aromatic nitrogens is 1. The average molecular weight is 289 g/mol. The van der Waals surface area contributed by atoms with E-state index in [1.54, 1.807) is 7.05 Å². The van der Waals surface area contributed by atoms with E-state index in [9.17, 15) is 0 Å². The zero-order valence-electron chi connectivity index (χ0n) is 11.4. The van der Waals surface area contributed by atoms with Crippen LogP contribution in [0.15, 0.2) is 25.4 Å². The summed E-state index contributed by atoms with van der Waals surface area (Å²) >= 11 is 3.75. The monoisotopic (exact) mass is 289 g/mol. The van der Waals surface area contributed by atoms with Gasteiger partial charge in [-0.05, 0) is 37.3 Å². The molecule has 5 heteroatoms. The van der Waals surface area contributed by atoms with Gasteiger partial charge in [0.05, 0.1) is 0 Å². The molecule has 0 atom stereocenters. The first-order valence-corrected chi connectivity index (χ1v) is 8.10. The van der Waals surface area contributed by atoms with Crippen molar-refractivity contribution >= 4 is 35.4 Å². The highest BCUT2D eigenvalue weighted by molar-refractivity contribution is 8.17. The fourth-order valence-electron chi connectivity index (χ4n) is 2.23. The third kappa shape index (κ3) is 2.05. The van der Waals surface area contributed by atoms with Gasteiger partial charge in [0.1, 0.15) is 0 Å². The lowest BCUT2D eigenvalue weighted by atomic mass is 10.1. The predicted molar refractivity (Wildman–Crippen MR) is 83.3 cm³/mol. The van der Waals surface area contributed by atoms with Crippen LogP contribution in [0.2, 0.25) is 0 Å². The molecule has 98 valence electrons. The first-order chi connectivity index (χ1) is 9.11. The van der Waals surface area contributed by atoms with Crippen molar-refractivity contribution in [3.63, 3.8) is 0 Å². The Kier molecular flexibility index (Phi) is 3.27. The summed E-state index contributed by atoms with van der Waals surface area (Å²) in [7, 11) is 1.79. The Bertz CT molecular complexity index is 745. The molecule has 0 amide bonds. The predicted octanol–water partition coefficient (Wildman–Crippen LogP) is 2.21. The van der Waals surface area contributed by atoms with Crippen molar-refractivity contribution in [1.29, 1.82) is 0 Å². The van der Waals surface area contributed by atoms with E-state index in [1.807, 2.05) is 30.4 Å². The van der Waals surface area contributed by atoms with Gasteiger partial charge < -0.3 is 0 Å². The van der Waals surface area contributed by atoms with E-state index in [4.69, 9.17) is 0 Å². The summed E-state index contributed by atoms with van der Waals surface area (Å²) in [6.45, 7) is 6.33. The second-order valence-electron chi connectivity index (χ2n) is 4.57. The van der Waals surface area contributed by atoms with Gasteiger partial charge in [0.25, 0.3) is 0 Å². The van der Waals surface area contributed by atoms with Gasteiger partial charge in [0.15, 0.2) is 11.3 Å². The first kappa shape index (κ1) is 12.9. The molecule has 0 saturated heterocycles. The number of hydrogen-bond acceptors (Lipinski definition) is 4. The van der Waals surface area contributed by atoms with E-state index < -0.39 is 0 Å². The molecule has 0 unspecified atom stereocenters. The minimum Gasteiger partial charge on any atom is -0.270 e. The average Bonchev–Trinajstić information content (AvgIpc) is 2.39. The summed E-state index contributed by atoms with van der Waals surface area (Å²) in [4.78, 5) is 16.2. The molecule has 2 aliphatic heterocycles. The largest absolute Gasteiger partial charge is 0.270 e. The Morgan fingerprint density at radius 2 is 2.00 bits per heavy atom. The maximum atomic E-state index is 4.63. The fourth-order valence-corrected chi connectivity index (χ4v) is 4.62. The van der Waals surface area contributed by atoms with Crippen LogP contribution in [0.25, 0.3) is 6.08 Å². The Morgan fingerprint density at radius 3 is 2.74 bits per heavy atom. The molecular formula is C14H15N3S2. The molecule has 0 fully saturated rings. The van der Waals surface area contributed by atoms with E-state index in [2.05, 4.69) is 34.9 Å². The van der Waals surface area contributed by atoms with Crippen molar-refractivity contribution in [2.75, 3.05) is 12.1 Å². The number of amidine groups is 1. The molecule has 2 aliphatic rings. The highest BCUT2D eigenvalue weighted by Gasteiger charge is 2.19. The summed E-state index contributed by atoms with van der Waals surface area (Å²) in [5.41, 5.74) is 4.29. The second-order valence-corrected chi connectivity index (χ2v) is 7.11. The number of rotatable bonds is 0. The molecule has 1 aromatic rings. The van der Waals surface area contributed by atoms with Gasteiger partial charge >= 0.3 is 0 Å². The third-order valence-corrected chi connectivity index (χ3v) is 5.86. The maximum absolute atomic E-state index is 4.63. The van der Waals surface area contributed by atoms with Crippen molar-refractivity contribution in [2.24, 2.45) is 9.98 Å². The number of aryl methyl sites for hydroxylation is 1. The summed E-state index contributed by atoms with van der Waals surface area (Å²) in [6.07, 6.45) is 2.20. The number of nitrogens with zero attached hydrogens (tertiary/aromatic N) is 3. The molecular weight excluding hydrogens is 274 g/mol. The van der Waals surface area contributed by atoms with E-state index in [-0.39, 0.29) is 0 Å². The lowest BCUT2D eigenvalue weighted by molar-refractivity contribution is 0.988. The minimum absolute atomic E-state index is 0.797. The zero-order valence-corrected chi connectivity index (χ0v) is 13.1. The summed E-state index contributed by atoms with van der Waals surface area (Å²) in [5.74, 6) is 0.797. The molecule has 3 nitrogen and oxygen atoms in total. The first-order valence-electron chi connectivity index (χ1n) is 6.13. The number of pyridine rings is 1. The van der Waals surface area contributed by atoms with E-state index in [1.165, 1.54) is 15.4 Å². The molecule has 0 aliphatic carbocycles. The van der Waals surface area contributed by atoms with Crippen LogP contribution in [0.5, 0.6) is 0 Å². The molecule has 1 aromatic heterocycles. The maximum Gasteiger partial charge on any atom is 0.163 e. The van der Waals surface area contributed by atoms with Crippen LogP contribution < -0.4 is 10.7 Å². The molecule has 2 bridgehead atoms. The van der Waals surface area contributed by atoms with Crippen molar-refractivity contribution in [3.05, 3.63) is 32.4 Å². The van der Waals surface area contributed by atoms with Crippen molar-refractivity contribution in [3.8, 4) is 0 Å². The summed E-state index contributed by atoms with van der Waals surface area (Å²) in [5, 5.41) is 2.19. The van der Waals surface area contributed by atoms with Crippen LogP contribution in [0, 0.1) is 13.8 Å². The zero-order chi connectivity index (χ0) is 13.6. The van der Waals surface area contributed by atoms with E-state index in [0.717, 1.165) is 32.9 Å². The summed E-state index contributed by atoms with van der Waals surface area (Å²) < 4.78 is 0. The number of thioether (sulfide) groups is 2. The standard InChI is InChI=1S/C14H15N3S2/c1-7-8(2)16-14-11-5-10(13(15-4)17-14)9(3)18-6-19-12(7)11/h5H,6H2,1-4H3. The smallest absolute Gasteiger partial charge is 0.163 e.